The highest BCUT2D eigenvalue weighted by Crippen LogP contribution is 2.26. The Bertz CT molecular complexity index is 508. The molecule has 1 aromatic carbocycles. The molecular weight excluding hydrogens is 308 g/mol. The third-order valence-electron chi connectivity index (χ3n) is 2.17. The zero-order valence-electron chi connectivity index (χ0n) is 7.94. The van der Waals surface area contributed by atoms with Crippen LogP contribution < -0.4 is 0 Å². The van der Waals surface area contributed by atoms with Gasteiger partial charge in [0.2, 0.25) is 0 Å². The van der Waals surface area contributed by atoms with E-state index < -0.39 is 0 Å². The molecule has 14 heavy (non-hydrogen) atoms. The van der Waals surface area contributed by atoms with Crippen LogP contribution in [-0.4, -0.2) is 4.98 Å². The van der Waals surface area contributed by atoms with E-state index in [0.29, 0.717) is 0 Å². The molecule has 2 rings (SSSR count). The molecule has 0 aliphatic heterocycles. The van der Waals surface area contributed by atoms with E-state index in [9.17, 15) is 0 Å². The predicted octanol–water partition coefficient (Wildman–Crippen LogP) is 4.11. The van der Waals surface area contributed by atoms with Crippen molar-refractivity contribution in [2.45, 2.75) is 13.8 Å². The second-order valence-electron chi connectivity index (χ2n) is 3.36. The van der Waals surface area contributed by atoms with Gasteiger partial charge in [0.25, 0.3) is 0 Å². The number of nitrogens with zero attached hydrogens (tertiary/aromatic N) is 1. The first-order valence-corrected chi connectivity index (χ1v) is 5.76. The van der Waals surface area contributed by atoms with Gasteiger partial charge in [0.05, 0.1) is 10.5 Å². The Hall–Kier alpha value is -0.350. The van der Waals surface area contributed by atoms with Crippen LogP contribution in [0.25, 0.3) is 10.9 Å². The number of aryl methyl sites for hydroxylation is 2. The molecule has 2 aromatic rings. The normalized spacial score (nSPS) is 10.9. The van der Waals surface area contributed by atoms with Gasteiger partial charge in [-0.2, -0.15) is 0 Å². The maximum absolute atomic E-state index is 6.14. The maximum Gasteiger partial charge on any atom is 0.0730 e. The summed E-state index contributed by atoms with van der Waals surface area (Å²) in [5.74, 6) is 0. The molecule has 0 unspecified atom stereocenters. The Labute approximate surface area is 102 Å². The van der Waals surface area contributed by atoms with Gasteiger partial charge < -0.3 is 0 Å². The molecule has 0 aliphatic rings. The summed E-state index contributed by atoms with van der Waals surface area (Å²) in [6.45, 7) is 4.04. The fourth-order valence-electron chi connectivity index (χ4n) is 1.44. The summed E-state index contributed by atoms with van der Waals surface area (Å²) in [7, 11) is 0. The van der Waals surface area contributed by atoms with Gasteiger partial charge in [-0.05, 0) is 60.2 Å². The molecule has 0 saturated heterocycles. The topological polar surface area (TPSA) is 12.9 Å². The van der Waals surface area contributed by atoms with E-state index in [0.717, 1.165) is 21.6 Å². The molecule has 0 fully saturated rings. The SMILES string of the molecule is Cc1cc(Cl)c2cc(C)c(I)cc2n1. The van der Waals surface area contributed by atoms with Crippen molar-refractivity contribution in [3.63, 3.8) is 0 Å². The molecule has 0 radical (unpaired) electrons. The molecule has 72 valence electrons. The fourth-order valence-corrected chi connectivity index (χ4v) is 2.20. The molecule has 1 heterocycles. The number of fused-ring (bicyclic) bond motifs is 1. The second kappa shape index (κ2) is 3.66. The Balaban J connectivity index is 2.89. The van der Waals surface area contributed by atoms with Crippen molar-refractivity contribution >= 4 is 45.1 Å². The van der Waals surface area contributed by atoms with Crippen molar-refractivity contribution in [3.8, 4) is 0 Å². The van der Waals surface area contributed by atoms with Crippen LogP contribution in [0.4, 0.5) is 0 Å². The van der Waals surface area contributed by atoms with Gasteiger partial charge in [-0.25, -0.2) is 0 Å². The zero-order valence-corrected chi connectivity index (χ0v) is 10.8. The van der Waals surface area contributed by atoms with Crippen molar-refractivity contribution in [1.29, 1.82) is 0 Å². The van der Waals surface area contributed by atoms with Crippen LogP contribution in [0.1, 0.15) is 11.3 Å². The smallest absolute Gasteiger partial charge is 0.0730 e. The molecule has 1 nitrogen and oxygen atoms in total. The number of benzene rings is 1. The predicted molar refractivity (Wildman–Crippen MR) is 68.9 cm³/mol. The molecular formula is C11H9ClIN. The number of pyridine rings is 1. The van der Waals surface area contributed by atoms with Crippen molar-refractivity contribution in [2.24, 2.45) is 0 Å². The van der Waals surface area contributed by atoms with Gasteiger partial charge in [-0.15, -0.1) is 0 Å². The maximum atomic E-state index is 6.14. The first kappa shape index (κ1) is 10.2. The second-order valence-corrected chi connectivity index (χ2v) is 4.93. The fraction of sp³-hybridized carbons (Fsp3) is 0.182. The lowest BCUT2D eigenvalue weighted by molar-refractivity contribution is 1.25. The quantitative estimate of drug-likeness (QED) is 0.666. The monoisotopic (exact) mass is 317 g/mol. The van der Waals surface area contributed by atoms with Crippen LogP contribution in [0.15, 0.2) is 18.2 Å². The lowest BCUT2D eigenvalue weighted by Crippen LogP contribution is -1.88. The van der Waals surface area contributed by atoms with Gasteiger partial charge in [0.15, 0.2) is 0 Å². The van der Waals surface area contributed by atoms with Crippen LogP contribution in [0.5, 0.6) is 0 Å². The van der Waals surface area contributed by atoms with E-state index >= 15 is 0 Å². The van der Waals surface area contributed by atoms with Crippen LogP contribution in [0.2, 0.25) is 5.02 Å². The molecule has 0 amide bonds. The third-order valence-corrected chi connectivity index (χ3v) is 3.64. The molecule has 0 aliphatic carbocycles. The number of hydrogen-bond acceptors (Lipinski definition) is 1. The summed E-state index contributed by atoms with van der Waals surface area (Å²) >= 11 is 8.46. The first-order chi connectivity index (χ1) is 6.58. The van der Waals surface area contributed by atoms with Crippen molar-refractivity contribution in [3.05, 3.63) is 38.0 Å². The van der Waals surface area contributed by atoms with Crippen LogP contribution in [-0.2, 0) is 0 Å². The molecule has 0 spiro atoms. The van der Waals surface area contributed by atoms with Crippen molar-refractivity contribution in [2.75, 3.05) is 0 Å². The van der Waals surface area contributed by atoms with Gasteiger partial charge in [0.1, 0.15) is 0 Å². The van der Waals surface area contributed by atoms with Crippen LogP contribution in [0, 0.1) is 17.4 Å². The standard InChI is InChI=1S/C11H9ClIN/c1-6-3-8-9(12)4-7(2)14-11(8)5-10(6)13/h3-5H,1-2H3. The Kier molecular flexibility index (Phi) is 2.66. The Morgan fingerprint density at radius 2 is 1.93 bits per heavy atom. The number of rotatable bonds is 0. The largest absolute Gasteiger partial charge is 0.253 e. The number of halogens is 2. The van der Waals surface area contributed by atoms with Gasteiger partial charge >= 0.3 is 0 Å². The summed E-state index contributed by atoms with van der Waals surface area (Å²) in [5.41, 5.74) is 3.18. The summed E-state index contributed by atoms with van der Waals surface area (Å²) in [6.07, 6.45) is 0. The zero-order chi connectivity index (χ0) is 10.3. The number of hydrogen-bond donors (Lipinski definition) is 0. The lowest BCUT2D eigenvalue weighted by Gasteiger charge is -2.05. The molecule has 1 aromatic heterocycles. The van der Waals surface area contributed by atoms with Gasteiger partial charge in [-0.1, -0.05) is 11.6 Å². The molecule has 0 bridgehead atoms. The number of aromatic nitrogens is 1. The minimum atomic E-state index is 0.784. The van der Waals surface area contributed by atoms with Gasteiger partial charge in [0, 0.05) is 14.7 Å². The highest BCUT2D eigenvalue weighted by atomic mass is 127. The van der Waals surface area contributed by atoms with Crippen molar-refractivity contribution in [1.82, 2.24) is 4.98 Å². The van der Waals surface area contributed by atoms with E-state index in [1.807, 2.05) is 13.0 Å². The van der Waals surface area contributed by atoms with Gasteiger partial charge in [-0.3, -0.25) is 4.98 Å². The third kappa shape index (κ3) is 1.73. The van der Waals surface area contributed by atoms with Crippen LogP contribution >= 0.6 is 34.2 Å². The first-order valence-electron chi connectivity index (χ1n) is 4.31. The summed E-state index contributed by atoms with van der Waals surface area (Å²) in [5, 5.41) is 1.82. The minimum Gasteiger partial charge on any atom is -0.253 e. The van der Waals surface area contributed by atoms with E-state index in [-0.39, 0.29) is 0 Å². The van der Waals surface area contributed by atoms with E-state index in [4.69, 9.17) is 11.6 Å². The average molecular weight is 318 g/mol. The van der Waals surface area contributed by atoms with E-state index in [1.54, 1.807) is 0 Å². The highest BCUT2D eigenvalue weighted by molar-refractivity contribution is 14.1. The Morgan fingerprint density at radius 1 is 1.21 bits per heavy atom. The summed E-state index contributed by atoms with van der Waals surface area (Å²) in [6, 6.07) is 6.06. The van der Waals surface area contributed by atoms with E-state index in [2.05, 4.69) is 46.6 Å². The minimum absolute atomic E-state index is 0.784. The molecule has 0 saturated carbocycles. The van der Waals surface area contributed by atoms with Crippen molar-refractivity contribution < 1.29 is 0 Å². The molecule has 0 atom stereocenters. The molecule has 3 heteroatoms. The average Bonchev–Trinajstić information content (AvgIpc) is 2.08. The molecule has 0 N–H and O–H groups in total. The highest BCUT2D eigenvalue weighted by Gasteiger charge is 2.04. The van der Waals surface area contributed by atoms with Crippen LogP contribution in [0.3, 0.4) is 0 Å². The summed E-state index contributed by atoms with van der Waals surface area (Å²) in [4.78, 5) is 4.45. The van der Waals surface area contributed by atoms with E-state index in [1.165, 1.54) is 9.13 Å². The Morgan fingerprint density at radius 3 is 2.64 bits per heavy atom. The summed E-state index contributed by atoms with van der Waals surface area (Å²) < 4.78 is 1.23. The lowest BCUT2D eigenvalue weighted by atomic mass is 10.1.